The second-order valence-corrected chi connectivity index (χ2v) is 5.61. The highest BCUT2D eigenvalue weighted by Crippen LogP contribution is 2.25. The first-order valence-electron chi connectivity index (χ1n) is 7.29. The van der Waals surface area contributed by atoms with Crippen molar-refractivity contribution in [3.05, 3.63) is 65.7 Å². The highest BCUT2D eigenvalue weighted by Gasteiger charge is 2.25. The van der Waals surface area contributed by atoms with Crippen LogP contribution in [0.5, 0.6) is 0 Å². The van der Waals surface area contributed by atoms with Crippen molar-refractivity contribution in [2.45, 2.75) is 12.5 Å². The third-order valence-corrected chi connectivity index (χ3v) is 4.04. The van der Waals surface area contributed by atoms with Gasteiger partial charge >= 0.3 is 5.97 Å². The normalized spacial score (nSPS) is 16.7. The summed E-state index contributed by atoms with van der Waals surface area (Å²) in [6.07, 6.45) is 0.118. The highest BCUT2D eigenvalue weighted by molar-refractivity contribution is 7.80. The summed E-state index contributed by atoms with van der Waals surface area (Å²) in [6, 6.07) is 17.3. The Bertz CT molecular complexity index is 772. The van der Waals surface area contributed by atoms with Gasteiger partial charge in [0, 0.05) is 16.8 Å². The molecule has 0 bridgehead atoms. The molecule has 1 N–H and O–H groups in total. The molecule has 0 amide bonds. The number of rotatable bonds is 3. The van der Waals surface area contributed by atoms with Crippen LogP contribution in [0.25, 0.3) is 0 Å². The third-order valence-electron chi connectivity index (χ3n) is 3.66. The molecule has 1 heterocycles. The van der Waals surface area contributed by atoms with Gasteiger partial charge < -0.3 is 10.1 Å². The van der Waals surface area contributed by atoms with Crippen molar-refractivity contribution in [2.75, 3.05) is 12.4 Å². The lowest BCUT2D eigenvalue weighted by Crippen LogP contribution is -2.26. The molecule has 0 aromatic heterocycles. The van der Waals surface area contributed by atoms with Crippen LogP contribution in [0, 0.1) is 0 Å². The molecule has 2 aromatic carbocycles. The summed E-state index contributed by atoms with van der Waals surface area (Å²) < 4.78 is 4.76. The predicted octanol–water partition coefficient (Wildman–Crippen LogP) is 3.21. The minimum Gasteiger partial charge on any atom is -0.469 e. The number of benzene rings is 2. The average molecular weight is 324 g/mol. The summed E-state index contributed by atoms with van der Waals surface area (Å²) in [5.41, 5.74) is 3.67. The summed E-state index contributed by atoms with van der Waals surface area (Å²) in [7, 11) is 1.37. The summed E-state index contributed by atoms with van der Waals surface area (Å²) in [4.78, 5) is 17.0. The maximum Gasteiger partial charge on any atom is 0.308 e. The van der Waals surface area contributed by atoms with Crippen molar-refractivity contribution in [1.82, 2.24) is 0 Å². The molecule has 0 spiro atoms. The highest BCUT2D eigenvalue weighted by atomic mass is 32.1. The number of hydrogen-bond acceptors (Lipinski definition) is 4. The minimum absolute atomic E-state index is 0.118. The van der Waals surface area contributed by atoms with E-state index in [1.165, 1.54) is 7.11 Å². The molecular weight excluding hydrogens is 308 g/mol. The number of nitrogens with zero attached hydrogens (tertiary/aromatic N) is 1. The van der Waals surface area contributed by atoms with Gasteiger partial charge in [0.05, 0.1) is 19.2 Å². The number of methoxy groups -OCH3 is 1. The summed E-state index contributed by atoms with van der Waals surface area (Å²) >= 11 is 5.43. The Morgan fingerprint density at radius 1 is 1.17 bits per heavy atom. The molecule has 1 aliphatic rings. The van der Waals surface area contributed by atoms with Gasteiger partial charge in [-0.05, 0) is 6.07 Å². The second kappa shape index (κ2) is 6.71. The largest absolute Gasteiger partial charge is 0.469 e. The molecule has 3 rings (SSSR count). The van der Waals surface area contributed by atoms with Crippen molar-refractivity contribution in [1.29, 1.82) is 0 Å². The van der Waals surface area contributed by atoms with Gasteiger partial charge in [-0.1, -0.05) is 60.7 Å². The van der Waals surface area contributed by atoms with Crippen LogP contribution in [0.4, 0.5) is 5.69 Å². The Hall–Kier alpha value is -2.53. The van der Waals surface area contributed by atoms with E-state index in [4.69, 9.17) is 21.9 Å². The van der Waals surface area contributed by atoms with Crippen molar-refractivity contribution >= 4 is 34.6 Å². The second-order valence-electron chi connectivity index (χ2n) is 5.17. The fraction of sp³-hybridized carbons (Fsp3) is 0.167. The summed E-state index contributed by atoms with van der Waals surface area (Å²) in [6.45, 7) is 0. The molecule has 0 fully saturated rings. The number of thiocarbonyl (C=S) groups is 1. The number of aliphatic imine (C=N–C) groups is 1. The molecule has 116 valence electrons. The lowest BCUT2D eigenvalue weighted by Gasteiger charge is -2.12. The molecular formula is C18H16N2O2S. The quantitative estimate of drug-likeness (QED) is 0.696. The van der Waals surface area contributed by atoms with Gasteiger partial charge in [0.15, 0.2) is 0 Å². The van der Waals surface area contributed by atoms with E-state index in [0.29, 0.717) is 4.99 Å². The maximum absolute atomic E-state index is 11.7. The van der Waals surface area contributed by atoms with Gasteiger partial charge in [-0.15, -0.1) is 0 Å². The number of benzodiazepines with no additional fused rings is 1. The molecule has 0 saturated heterocycles. The van der Waals surface area contributed by atoms with E-state index in [9.17, 15) is 4.79 Å². The van der Waals surface area contributed by atoms with Gasteiger partial charge in [-0.3, -0.25) is 9.79 Å². The van der Waals surface area contributed by atoms with Gasteiger partial charge in [0.25, 0.3) is 0 Å². The van der Waals surface area contributed by atoms with E-state index in [2.05, 4.69) is 5.32 Å². The first kappa shape index (κ1) is 15.4. The number of carbonyl (C=O) groups is 1. The lowest BCUT2D eigenvalue weighted by molar-refractivity contribution is -0.140. The fourth-order valence-corrected chi connectivity index (χ4v) is 2.75. The molecule has 1 unspecified atom stereocenters. The maximum atomic E-state index is 11.7. The van der Waals surface area contributed by atoms with Crippen LogP contribution in [0.2, 0.25) is 0 Å². The molecule has 4 nitrogen and oxygen atoms in total. The zero-order chi connectivity index (χ0) is 16.2. The van der Waals surface area contributed by atoms with E-state index < -0.39 is 6.04 Å². The molecule has 0 aliphatic carbocycles. The first-order chi connectivity index (χ1) is 11.2. The topological polar surface area (TPSA) is 50.7 Å². The first-order valence-corrected chi connectivity index (χ1v) is 7.70. The predicted molar refractivity (Wildman–Crippen MR) is 95.2 cm³/mol. The van der Waals surface area contributed by atoms with Crippen LogP contribution in [0.3, 0.4) is 0 Å². The van der Waals surface area contributed by atoms with Crippen LogP contribution < -0.4 is 5.32 Å². The van der Waals surface area contributed by atoms with Crippen molar-refractivity contribution in [3.63, 3.8) is 0 Å². The molecule has 0 saturated carbocycles. The Labute approximate surface area is 140 Å². The zero-order valence-corrected chi connectivity index (χ0v) is 13.5. The number of anilines is 1. The van der Waals surface area contributed by atoms with Gasteiger partial charge in [-0.25, -0.2) is 0 Å². The van der Waals surface area contributed by atoms with Crippen LogP contribution in [-0.4, -0.2) is 29.8 Å². The standard InChI is InChI=1S/C18H16N2O2S/c1-22-16(21)11-15-18(23)20-14-10-6-5-9-13(14)17(19-15)12-7-3-2-4-8-12/h2-10,15H,11H2,1H3,(H,20,23). The SMILES string of the molecule is COC(=O)CC1N=C(c2ccccc2)c2ccccc2NC1=S. The smallest absolute Gasteiger partial charge is 0.308 e. The average Bonchev–Trinajstić information content (AvgIpc) is 2.72. The third kappa shape index (κ3) is 3.29. The van der Waals surface area contributed by atoms with Gasteiger partial charge in [-0.2, -0.15) is 0 Å². The fourth-order valence-electron chi connectivity index (χ4n) is 2.50. The van der Waals surface area contributed by atoms with Gasteiger partial charge in [0.1, 0.15) is 11.0 Å². The van der Waals surface area contributed by atoms with Crippen molar-refractivity contribution in [2.24, 2.45) is 4.99 Å². The summed E-state index contributed by atoms with van der Waals surface area (Å²) in [5.74, 6) is -0.332. The Kier molecular flexibility index (Phi) is 4.48. The van der Waals surface area contributed by atoms with Crippen LogP contribution in [0.1, 0.15) is 17.5 Å². The van der Waals surface area contributed by atoms with E-state index >= 15 is 0 Å². The lowest BCUT2D eigenvalue weighted by atomic mass is 10.0. The number of carbonyl (C=O) groups excluding carboxylic acids is 1. The molecule has 5 heteroatoms. The Morgan fingerprint density at radius 2 is 1.87 bits per heavy atom. The van der Waals surface area contributed by atoms with E-state index in [1.54, 1.807) is 0 Å². The number of ether oxygens (including phenoxy) is 1. The van der Waals surface area contributed by atoms with Crippen LogP contribution in [0.15, 0.2) is 59.6 Å². The molecule has 0 radical (unpaired) electrons. The monoisotopic (exact) mass is 324 g/mol. The van der Waals surface area contributed by atoms with Crippen LogP contribution >= 0.6 is 12.2 Å². The number of fused-ring (bicyclic) bond motifs is 1. The Balaban J connectivity index is 2.11. The zero-order valence-electron chi connectivity index (χ0n) is 12.7. The van der Waals surface area contributed by atoms with E-state index in [0.717, 1.165) is 22.5 Å². The summed E-state index contributed by atoms with van der Waals surface area (Å²) in [5, 5.41) is 3.21. The van der Waals surface area contributed by atoms with Gasteiger partial charge in [0.2, 0.25) is 0 Å². The molecule has 2 aromatic rings. The van der Waals surface area contributed by atoms with Crippen molar-refractivity contribution < 1.29 is 9.53 Å². The van der Waals surface area contributed by atoms with Crippen LogP contribution in [-0.2, 0) is 9.53 Å². The number of hydrogen-bond donors (Lipinski definition) is 1. The van der Waals surface area contributed by atoms with E-state index in [-0.39, 0.29) is 12.4 Å². The molecule has 1 atom stereocenters. The minimum atomic E-state index is -0.444. The molecule has 1 aliphatic heterocycles. The number of esters is 1. The molecule has 23 heavy (non-hydrogen) atoms. The number of nitrogens with one attached hydrogen (secondary N) is 1. The van der Waals surface area contributed by atoms with E-state index in [1.807, 2.05) is 54.6 Å². The Morgan fingerprint density at radius 3 is 2.61 bits per heavy atom. The van der Waals surface area contributed by atoms with Crippen molar-refractivity contribution in [3.8, 4) is 0 Å². The number of para-hydroxylation sites is 1.